The fraction of sp³-hybridized carbons (Fsp3) is 0.263. The molecule has 3 nitrogen and oxygen atoms in total. The molecule has 0 atom stereocenters. The molecule has 2 aromatic rings. The van der Waals surface area contributed by atoms with Crippen LogP contribution in [0.2, 0.25) is 0 Å². The van der Waals surface area contributed by atoms with Gasteiger partial charge in [-0.2, -0.15) is 0 Å². The lowest BCUT2D eigenvalue weighted by Crippen LogP contribution is -1.95. The number of aryl methyl sites for hydroxylation is 1. The zero-order valence-corrected chi connectivity index (χ0v) is 13.3. The molecule has 0 saturated heterocycles. The first-order chi connectivity index (χ1) is 10.8. The Kier molecular flexibility index (Phi) is 5.90. The summed E-state index contributed by atoms with van der Waals surface area (Å²) in [6, 6.07) is 15.8. The lowest BCUT2D eigenvalue weighted by Gasteiger charge is -2.11. The van der Waals surface area contributed by atoms with Crippen LogP contribution in [-0.2, 0) is 11.2 Å². The zero-order valence-electron chi connectivity index (χ0n) is 13.3. The Morgan fingerprint density at radius 2 is 1.77 bits per heavy atom. The van der Waals surface area contributed by atoms with E-state index in [4.69, 9.17) is 14.2 Å². The predicted molar refractivity (Wildman–Crippen MR) is 89.0 cm³/mol. The number of benzene rings is 2. The van der Waals surface area contributed by atoms with E-state index in [1.807, 2.05) is 42.5 Å². The van der Waals surface area contributed by atoms with Gasteiger partial charge in [0, 0.05) is 5.56 Å². The smallest absolute Gasteiger partial charge is 0.168 e. The third kappa shape index (κ3) is 4.04. The number of rotatable bonds is 7. The lowest BCUT2D eigenvalue weighted by atomic mass is 10.1. The van der Waals surface area contributed by atoms with E-state index in [0.717, 1.165) is 24.2 Å². The molecule has 0 bridgehead atoms. The summed E-state index contributed by atoms with van der Waals surface area (Å²) in [6.45, 7) is 2.16. The predicted octanol–water partition coefficient (Wildman–Crippen LogP) is 4.67. The normalized spacial score (nSPS) is 11.1. The van der Waals surface area contributed by atoms with Gasteiger partial charge in [0.2, 0.25) is 0 Å². The first-order valence-electron chi connectivity index (χ1n) is 7.41. The van der Waals surface area contributed by atoms with Crippen molar-refractivity contribution >= 4 is 5.76 Å². The van der Waals surface area contributed by atoms with E-state index in [2.05, 4.69) is 13.0 Å². The van der Waals surface area contributed by atoms with Crippen molar-refractivity contribution in [3.63, 3.8) is 0 Å². The largest absolute Gasteiger partial charge is 0.493 e. The molecule has 0 saturated carbocycles. The van der Waals surface area contributed by atoms with Crippen molar-refractivity contribution in [2.24, 2.45) is 0 Å². The van der Waals surface area contributed by atoms with Gasteiger partial charge in [-0.3, -0.25) is 0 Å². The van der Waals surface area contributed by atoms with Crippen LogP contribution >= 0.6 is 0 Å². The molecule has 116 valence electrons. The Labute approximate surface area is 132 Å². The second-order valence-electron chi connectivity index (χ2n) is 4.91. The maximum atomic E-state index is 5.76. The number of ether oxygens (including phenoxy) is 3. The Hall–Kier alpha value is -2.42. The molecular formula is C19H22O3. The van der Waals surface area contributed by atoms with Crippen molar-refractivity contribution in [1.82, 2.24) is 0 Å². The van der Waals surface area contributed by atoms with Gasteiger partial charge in [0.25, 0.3) is 0 Å². The van der Waals surface area contributed by atoms with E-state index in [1.54, 1.807) is 20.5 Å². The third-order valence-corrected chi connectivity index (χ3v) is 3.34. The van der Waals surface area contributed by atoms with E-state index in [1.165, 1.54) is 5.56 Å². The number of hydrogen-bond donors (Lipinski definition) is 0. The topological polar surface area (TPSA) is 27.7 Å². The average molecular weight is 298 g/mol. The fourth-order valence-corrected chi connectivity index (χ4v) is 2.21. The van der Waals surface area contributed by atoms with Gasteiger partial charge in [-0.05, 0) is 24.1 Å². The van der Waals surface area contributed by atoms with Crippen LogP contribution < -0.4 is 9.47 Å². The first-order valence-corrected chi connectivity index (χ1v) is 7.41. The van der Waals surface area contributed by atoms with Gasteiger partial charge in [0.1, 0.15) is 6.26 Å². The van der Waals surface area contributed by atoms with Gasteiger partial charge in [0.05, 0.1) is 14.2 Å². The summed E-state index contributed by atoms with van der Waals surface area (Å²) >= 11 is 0. The van der Waals surface area contributed by atoms with Crippen LogP contribution in [0.3, 0.4) is 0 Å². The Morgan fingerprint density at radius 3 is 2.41 bits per heavy atom. The van der Waals surface area contributed by atoms with Crippen LogP contribution in [0, 0.1) is 0 Å². The summed E-state index contributed by atoms with van der Waals surface area (Å²) < 4.78 is 16.6. The molecule has 2 aromatic carbocycles. The highest BCUT2D eigenvalue weighted by atomic mass is 16.5. The molecule has 0 amide bonds. The first kappa shape index (κ1) is 16.0. The summed E-state index contributed by atoms with van der Waals surface area (Å²) in [7, 11) is 3.28. The second kappa shape index (κ2) is 8.13. The van der Waals surface area contributed by atoms with Crippen molar-refractivity contribution < 1.29 is 14.2 Å². The van der Waals surface area contributed by atoms with Gasteiger partial charge >= 0.3 is 0 Å². The fourth-order valence-electron chi connectivity index (χ4n) is 2.21. The Balaban J connectivity index is 2.20. The van der Waals surface area contributed by atoms with Crippen molar-refractivity contribution in [3.8, 4) is 11.5 Å². The average Bonchev–Trinajstić information content (AvgIpc) is 2.57. The minimum absolute atomic E-state index is 0.667. The minimum Gasteiger partial charge on any atom is -0.493 e. The van der Waals surface area contributed by atoms with Crippen LogP contribution in [-0.4, -0.2) is 14.2 Å². The Bertz CT molecular complexity index is 618. The summed E-state index contributed by atoms with van der Waals surface area (Å²) in [5.41, 5.74) is 2.21. The molecule has 0 heterocycles. The molecule has 0 N–H and O–H groups in total. The van der Waals surface area contributed by atoms with Gasteiger partial charge in [0.15, 0.2) is 17.3 Å². The SMILES string of the molecule is CCCc1ccc(O/C=C(/OC)c2ccccc2)c(OC)c1. The molecule has 0 spiro atoms. The van der Waals surface area contributed by atoms with Crippen LogP contribution in [0.5, 0.6) is 11.5 Å². The molecule has 0 aliphatic rings. The zero-order chi connectivity index (χ0) is 15.8. The van der Waals surface area contributed by atoms with Crippen LogP contribution in [0.25, 0.3) is 5.76 Å². The molecule has 0 aliphatic carbocycles. The van der Waals surface area contributed by atoms with Crippen molar-refractivity contribution in [3.05, 3.63) is 65.9 Å². The van der Waals surface area contributed by atoms with Crippen molar-refractivity contribution in [2.75, 3.05) is 14.2 Å². The lowest BCUT2D eigenvalue weighted by molar-refractivity contribution is 0.342. The maximum absolute atomic E-state index is 5.76. The quantitative estimate of drug-likeness (QED) is 0.695. The standard InChI is InChI=1S/C19H22O3/c1-4-8-15-11-12-17(18(13-15)20-2)22-14-19(21-3)16-9-6-5-7-10-16/h5-7,9-14H,4,8H2,1-3H3/b19-14+. The van der Waals surface area contributed by atoms with E-state index in [0.29, 0.717) is 11.5 Å². The van der Waals surface area contributed by atoms with Crippen LogP contribution in [0.15, 0.2) is 54.8 Å². The van der Waals surface area contributed by atoms with E-state index >= 15 is 0 Å². The van der Waals surface area contributed by atoms with Gasteiger partial charge in [-0.1, -0.05) is 49.7 Å². The highest BCUT2D eigenvalue weighted by molar-refractivity contribution is 5.59. The second-order valence-corrected chi connectivity index (χ2v) is 4.91. The third-order valence-electron chi connectivity index (χ3n) is 3.34. The molecule has 22 heavy (non-hydrogen) atoms. The Morgan fingerprint density at radius 1 is 1.00 bits per heavy atom. The molecule has 3 heteroatoms. The van der Waals surface area contributed by atoms with Crippen LogP contribution in [0.4, 0.5) is 0 Å². The molecule has 2 rings (SSSR count). The number of methoxy groups -OCH3 is 2. The summed E-state index contributed by atoms with van der Waals surface area (Å²) in [5.74, 6) is 2.07. The minimum atomic E-state index is 0.667. The van der Waals surface area contributed by atoms with Gasteiger partial charge in [-0.15, -0.1) is 0 Å². The van der Waals surface area contributed by atoms with Crippen molar-refractivity contribution in [2.45, 2.75) is 19.8 Å². The van der Waals surface area contributed by atoms with Crippen molar-refractivity contribution in [1.29, 1.82) is 0 Å². The molecule has 0 fully saturated rings. The molecule has 0 aliphatic heterocycles. The summed E-state index contributed by atoms with van der Waals surface area (Å²) in [6.07, 6.45) is 3.73. The highest BCUT2D eigenvalue weighted by Gasteiger charge is 2.07. The number of hydrogen-bond acceptors (Lipinski definition) is 3. The van der Waals surface area contributed by atoms with Crippen LogP contribution in [0.1, 0.15) is 24.5 Å². The molecule has 0 radical (unpaired) electrons. The van der Waals surface area contributed by atoms with E-state index in [-0.39, 0.29) is 0 Å². The summed E-state index contributed by atoms with van der Waals surface area (Å²) in [5, 5.41) is 0. The van der Waals surface area contributed by atoms with E-state index in [9.17, 15) is 0 Å². The summed E-state index contributed by atoms with van der Waals surface area (Å²) in [4.78, 5) is 0. The highest BCUT2D eigenvalue weighted by Crippen LogP contribution is 2.29. The monoisotopic (exact) mass is 298 g/mol. The molecule has 0 unspecified atom stereocenters. The molecular weight excluding hydrogens is 276 g/mol. The molecule has 0 aromatic heterocycles. The maximum Gasteiger partial charge on any atom is 0.168 e. The van der Waals surface area contributed by atoms with Gasteiger partial charge < -0.3 is 14.2 Å². The van der Waals surface area contributed by atoms with E-state index < -0.39 is 0 Å². The van der Waals surface area contributed by atoms with Gasteiger partial charge in [-0.25, -0.2) is 0 Å².